The first-order valence-corrected chi connectivity index (χ1v) is 9.57. The van der Waals surface area contributed by atoms with Crippen LogP contribution in [-0.2, 0) is 13.0 Å². The summed E-state index contributed by atoms with van der Waals surface area (Å²) in [6.45, 7) is 0.768. The topological polar surface area (TPSA) is 83.4 Å². The molecule has 0 radical (unpaired) electrons. The Labute approximate surface area is 170 Å². The lowest BCUT2D eigenvalue weighted by atomic mass is 10.1. The number of nitrogens with one attached hydrogen (secondary N) is 1. The van der Waals surface area contributed by atoms with E-state index in [1.54, 1.807) is 41.6 Å². The number of rotatable bonds is 2. The lowest BCUT2D eigenvalue weighted by Crippen LogP contribution is -2.39. The molecule has 0 saturated carbocycles. The number of benzene rings is 1. The Morgan fingerprint density at radius 1 is 1.14 bits per heavy atom. The minimum absolute atomic E-state index is 0.0918. The molecule has 29 heavy (non-hydrogen) atoms. The molecule has 0 fully saturated rings. The summed E-state index contributed by atoms with van der Waals surface area (Å²) < 4.78 is 1.44. The Hall–Kier alpha value is -3.45. The molecule has 0 spiro atoms. The second kappa shape index (κ2) is 6.86. The molecule has 1 aromatic carbocycles. The van der Waals surface area contributed by atoms with Gasteiger partial charge in [0.25, 0.3) is 11.5 Å². The van der Waals surface area contributed by atoms with Gasteiger partial charge in [-0.1, -0.05) is 29.8 Å². The van der Waals surface area contributed by atoms with E-state index in [2.05, 4.69) is 15.1 Å². The van der Waals surface area contributed by atoms with Crippen LogP contribution in [0.5, 0.6) is 0 Å². The number of halogens is 1. The highest BCUT2D eigenvalue weighted by molar-refractivity contribution is 6.33. The smallest absolute Gasteiger partial charge is 0.276 e. The Bertz CT molecular complexity index is 1300. The van der Waals surface area contributed by atoms with Crippen molar-refractivity contribution in [3.8, 4) is 11.3 Å². The molecule has 0 aliphatic carbocycles. The summed E-state index contributed by atoms with van der Waals surface area (Å²) >= 11 is 6.29. The molecule has 4 heterocycles. The number of carbonyl (C=O) groups is 1. The predicted octanol–water partition coefficient (Wildman–Crippen LogP) is 2.94. The molecule has 4 aromatic rings. The summed E-state index contributed by atoms with van der Waals surface area (Å²) in [5, 5.41) is 3.69. The molecule has 1 N–H and O–H groups in total. The van der Waals surface area contributed by atoms with Crippen LogP contribution in [0.3, 0.4) is 0 Å². The van der Waals surface area contributed by atoms with Gasteiger partial charge in [-0.2, -0.15) is 0 Å². The van der Waals surface area contributed by atoms with E-state index < -0.39 is 0 Å². The maximum absolute atomic E-state index is 13.0. The van der Waals surface area contributed by atoms with Gasteiger partial charge >= 0.3 is 0 Å². The monoisotopic (exact) mass is 405 g/mol. The SMILES string of the molecule is O=C(c1ccncc1)N1CCc2c(nc3cc(-c4ccccc4Cl)[nH]n3c2=O)C1. The van der Waals surface area contributed by atoms with Gasteiger partial charge < -0.3 is 4.90 Å². The minimum atomic E-state index is -0.140. The van der Waals surface area contributed by atoms with E-state index in [-0.39, 0.29) is 11.5 Å². The molecular weight excluding hydrogens is 390 g/mol. The Morgan fingerprint density at radius 3 is 2.72 bits per heavy atom. The van der Waals surface area contributed by atoms with E-state index in [1.807, 2.05) is 18.2 Å². The van der Waals surface area contributed by atoms with Crippen LogP contribution in [0.2, 0.25) is 5.02 Å². The lowest BCUT2D eigenvalue weighted by molar-refractivity contribution is 0.0731. The van der Waals surface area contributed by atoms with Crippen molar-refractivity contribution < 1.29 is 4.79 Å². The first kappa shape index (κ1) is 17.6. The van der Waals surface area contributed by atoms with Gasteiger partial charge in [-0.3, -0.25) is 19.7 Å². The molecule has 7 nitrogen and oxygen atoms in total. The Balaban J connectivity index is 1.54. The van der Waals surface area contributed by atoms with E-state index in [0.29, 0.717) is 52.7 Å². The number of aromatic nitrogens is 4. The zero-order chi connectivity index (χ0) is 20.0. The summed E-state index contributed by atoms with van der Waals surface area (Å²) in [6, 6.07) is 12.6. The van der Waals surface area contributed by atoms with Crippen molar-refractivity contribution in [3.63, 3.8) is 0 Å². The van der Waals surface area contributed by atoms with Crippen LogP contribution in [-0.4, -0.2) is 36.9 Å². The number of fused-ring (bicyclic) bond motifs is 2. The van der Waals surface area contributed by atoms with Gasteiger partial charge in [0.05, 0.1) is 17.9 Å². The second-order valence-corrected chi connectivity index (χ2v) is 7.31. The number of aromatic amines is 1. The standard InChI is InChI=1S/C21H16ClN5O2/c22-16-4-2-1-3-14(16)17-11-19-24-18-12-26(20(28)13-5-8-23-9-6-13)10-7-15(18)21(29)27(19)25-17/h1-6,8-9,11,25H,7,10,12H2. The molecule has 1 aliphatic heterocycles. The van der Waals surface area contributed by atoms with Crippen molar-refractivity contribution in [2.45, 2.75) is 13.0 Å². The van der Waals surface area contributed by atoms with Crippen molar-refractivity contribution in [3.05, 3.63) is 87.1 Å². The summed E-state index contributed by atoms with van der Waals surface area (Å²) in [7, 11) is 0. The van der Waals surface area contributed by atoms with Crippen LogP contribution in [0.15, 0.2) is 59.7 Å². The number of amides is 1. The highest BCUT2D eigenvalue weighted by atomic mass is 35.5. The normalized spacial score (nSPS) is 13.5. The predicted molar refractivity (Wildman–Crippen MR) is 109 cm³/mol. The van der Waals surface area contributed by atoms with Gasteiger partial charge in [0.2, 0.25) is 0 Å². The molecule has 0 atom stereocenters. The summed E-state index contributed by atoms with van der Waals surface area (Å²) in [6.07, 6.45) is 3.64. The van der Waals surface area contributed by atoms with Crippen LogP contribution >= 0.6 is 11.6 Å². The minimum Gasteiger partial charge on any atom is -0.332 e. The largest absolute Gasteiger partial charge is 0.332 e. The van der Waals surface area contributed by atoms with Crippen LogP contribution in [0.4, 0.5) is 0 Å². The van der Waals surface area contributed by atoms with Gasteiger partial charge in [0.1, 0.15) is 0 Å². The third-order valence-electron chi connectivity index (χ3n) is 5.14. The van der Waals surface area contributed by atoms with Crippen molar-refractivity contribution in [1.29, 1.82) is 0 Å². The van der Waals surface area contributed by atoms with Gasteiger partial charge in [-0.15, -0.1) is 0 Å². The van der Waals surface area contributed by atoms with Crippen LogP contribution in [0.25, 0.3) is 16.9 Å². The molecule has 5 rings (SSSR count). The van der Waals surface area contributed by atoms with Crippen molar-refractivity contribution >= 4 is 23.2 Å². The molecule has 0 bridgehead atoms. The third kappa shape index (κ3) is 3.00. The number of carbonyl (C=O) groups excluding carboxylic acids is 1. The maximum Gasteiger partial charge on any atom is 0.276 e. The van der Waals surface area contributed by atoms with E-state index in [1.165, 1.54) is 4.52 Å². The van der Waals surface area contributed by atoms with Crippen LogP contribution in [0, 0.1) is 0 Å². The summed E-state index contributed by atoms with van der Waals surface area (Å²) in [4.78, 5) is 36.1. The number of hydrogen-bond donors (Lipinski definition) is 1. The highest BCUT2D eigenvalue weighted by Crippen LogP contribution is 2.27. The fourth-order valence-electron chi connectivity index (χ4n) is 3.66. The third-order valence-corrected chi connectivity index (χ3v) is 5.47. The van der Waals surface area contributed by atoms with Crippen LogP contribution < -0.4 is 5.56 Å². The quantitative estimate of drug-likeness (QED) is 0.555. The van der Waals surface area contributed by atoms with Crippen LogP contribution in [0.1, 0.15) is 21.6 Å². The number of H-pyrrole nitrogens is 1. The molecule has 8 heteroatoms. The van der Waals surface area contributed by atoms with E-state index >= 15 is 0 Å². The zero-order valence-electron chi connectivity index (χ0n) is 15.3. The zero-order valence-corrected chi connectivity index (χ0v) is 16.1. The molecule has 0 saturated heterocycles. The molecular formula is C21H16ClN5O2. The number of pyridine rings is 1. The molecule has 144 valence electrons. The molecule has 1 amide bonds. The van der Waals surface area contributed by atoms with Gasteiger partial charge in [0, 0.05) is 46.7 Å². The second-order valence-electron chi connectivity index (χ2n) is 6.90. The summed E-state index contributed by atoms with van der Waals surface area (Å²) in [5.41, 5.74) is 3.71. The van der Waals surface area contributed by atoms with Gasteiger partial charge in [0.15, 0.2) is 5.65 Å². The van der Waals surface area contributed by atoms with E-state index in [9.17, 15) is 9.59 Å². The highest BCUT2D eigenvalue weighted by Gasteiger charge is 2.26. The number of hydrogen-bond acceptors (Lipinski definition) is 4. The fraction of sp³-hybridized carbons (Fsp3) is 0.143. The van der Waals surface area contributed by atoms with Gasteiger partial charge in [-0.25, -0.2) is 9.50 Å². The first-order valence-electron chi connectivity index (χ1n) is 9.19. The van der Waals surface area contributed by atoms with Crippen molar-refractivity contribution in [1.82, 2.24) is 24.5 Å². The van der Waals surface area contributed by atoms with E-state index in [0.717, 1.165) is 5.56 Å². The average Bonchev–Trinajstić information content (AvgIpc) is 3.18. The first-order chi connectivity index (χ1) is 14.1. The molecule has 3 aromatic heterocycles. The lowest BCUT2D eigenvalue weighted by Gasteiger charge is -2.27. The Kier molecular flexibility index (Phi) is 4.17. The fourth-order valence-corrected chi connectivity index (χ4v) is 3.90. The van der Waals surface area contributed by atoms with Crippen molar-refractivity contribution in [2.24, 2.45) is 0 Å². The Morgan fingerprint density at radius 2 is 1.93 bits per heavy atom. The van der Waals surface area contributed by atoms with Gasteiger partial charge in [-0.05, 0) is 24.6 Å². The number of nitrogens with zero attached hydrogens (tertiary/aromatic N) is 4. The molecule has 0 unspecified atom stereocenters. The average molecular weight is 406 g/mol. The maximum atomic E-state index is 13.0. The summed E-state index contributed by atoms with van der Waals surface area (Å²) in [5.74, 6) is -0.0918. The molecule has 1 aliphatic rings. The van der Waals surface area contributed by atoms with E-state index in [4.69, 9.17) is 11.6 Å². The van der Waals surface area contributed by atoms with Crippen molar-refractivity contribution in [2.75, 3.05) is 6.54 Å².